The molecule has 0 spiro atoms. The Kier molecular flexibility index (Phi) is 4.32. The summed E-state index contributed by atoms with van der Waals surface area (Å²) in [5.41, 5.74) is 3.22. The van der Waals surface area contributed by atoms with Gasteiger partial charge in [-0.05, 0) is 51.2 Å². The molecule has 0 unspecified atom stereocenters. The van der Waals surface area contributed by atoms with E-state index in [0.29, 0.717) is 12.1 Å². The van der Waals surface area contributed by atoms with Gasteiger partial charge in [0.2, 0.25) is 0 Å². The van der Waals surface area contributed by atoms with Crippen LogP contribution in [0, 0.1) is 13.8 Å². The molecule has 0 bridgehead atoms. The van der Waals surface area contributed by atoms with Gasteiger partial charge in [0.15, 0.2) is 0 Å². The normalized spacial score (nSPS) is 20.1. The minimum atomic E-state index is 0.287. The molecule has 2 nitrogen and oxygen atoms in total. The molecule has 2 saturated carbocycles. The topological polar surface area (TPSA) is 20.3 Å². The van der Waals surface area contributed by atoms with E-state index in [1.54, 1.807) is 0 Å². The van der Waals surface area contributed by atoms with E-state index in [9.17, 15) is 4.79 Å². The summed E-state index contributed by atoms with van der Waals surface area (Å²) in [5, 5.41) is 0. The molecule has 0 radical (unpaired) electrons. The highest BCUT2D eigenvalue weighted by atomic mass is 16.2. The predicted molar refractivity (Wildman–Crippen MR) is 86.6 cm³/mol. The van der Waals surface area contributed by atoms with E-state index in [4.69, 9.17) is 0 Å². The minimum absolute atomic E-state index is 0.287. The first-order valence-corrected chi connectivity index (χ1v) is 8.57. The number of amides is 1. The quantitative estimate of drug-likeness (QED) is 0.793. The van der Waals surface area contributed by atoms with E-state index in [1.165, 1.54) is 56.9 Å². The van der Waals surface area contributed by atoms with Crippen LogP contribution in [0.3, 0.4) is 0 Å². The van der Waals surface area contributed by atoms with Gasteiger partial charge in [0.25, 0.3) is 5.91 Å². The molecule has 0 heterocycles. The fourth-order valence-electron chi connectivity index (χ4n) is 4.10. The molecule has 2 heteroatoms. The zero-order valence-corrected chi connectivity index (χ0v) is 13.4. The molecule has 0 aliphatic heterocycles. The van der Waals surface area contributed by atoms with Crippen LogP contribution in [0.25, 0.3) is 0 Å². The summed E-state index contributed by atoms with van der Waals surface area (Å²) in [6, 6.07) is 7.24. The Morgan fingerprint density at radius 2 is 1.48 bits per heavy atom. The van der Waals surface area contributed by atoms with Gasteiger partial charge in [0.05, 0.1) is 0 Å². The van der Waals surface area contributed by atoms with Crippen molar-refractivity contribution in [3.63, 3.8) is 0 Å². The summed E-state index contributed by atoms with van der Waals surface area (Å²) in [6.45, 7) is 4.14. The third kappa shape index (κ3) is 3.00. The second-order valence-electron chi connectivity index (χ2n) is 6.91. The number of benzene rings is 1. The molecule has 2 fully saturated rings. The fraction of sp³-hybridized carbons (Fsp3) is 0.632. The standard InChI is InChI=1S/C19H27NO/c1-14-11-12-15(2)18(13-14)19(21)20(16-7-3-4-8-16)17-9-5-6-10-17/h11-13,16-17H,3-10H2,1-2H3. The molecule has 1 aromatic carbocycles. The van der Waals surface area contributed by atoms with Crippen molar-refractivity contribution in [2.45, 2.75) is 77.3 Å². The van der Waals surface area contributed by atoms with Crippen LogP contribution in [-0.4, -0.2) is 22.9 Å². The molecule has 0 N–H and O–H groups in total. The van der Waals surface area contributed by atoms with Crippen molar-refractivity contribution in [2.24, 2.45) is 0 Å². The summed E-state index contributed by atoms with van der Waals surface area (Å²) in [6.07, 6.45) is 9.95. The van der Waals surface area contributed by atoms with Crippen molar-refractivity contribution < 1.29 is 4.79 Å². The monoisotopic (exact) mass is 285 g/mol. The predicted octanol–water partition coefficient (Wildman–Crippen LogP) is 4.63. The molecule has 114 valence electrons. The van der Waals surface area contributed by atoms with Crippen LogP contribution in [0.2, 0.25) is 0 Å². The van der Waals surface area contributed by atoms with Gasteiger partial charge in [-0.2, -0.15) is 0 Å². The highest BCUT2D eigenvalue weighted by molar-refractivity contribution is 5.96. The van der Waals surface area contributed by atoms with Crippen LogP contribution >= 0.6 is 0 Å². The van der Waals surface area contributed by atoms with Crippen molar-refractivity contribution in [1.29, 1.82) is 0 Å². The van der Waals surface area contributed by atoms with Gasteiger partial charge in [-0.15, -0.1) is 0 Å². The average molecular weight is 285 g/mol. The van der Waals surface area contributed by atoms with Crippen LogP contribution in [0.15, 0.2) is 18.2 Å². The molecule has 0 saturated heterocycles. The second-order valence-corrected chi connectivity index (χ2v) is 6.91. The lowest BCUT2D eigenvalue weighted by atomic mass is 10.0. The molecule has 2 aliphatic rings. The van der Waals surface area contributed by atoms with Gasteiger partial charge in [-0.1, -0.05) is 43.4 Å². The number of aryl methyl sites for hydroxylation is 2. The Morgan fingerprint density at radius 3 is 2.00 bits per heavy atom. The summed E-state index contributed by atoms with van der Waals surface area (Å²) in [7, 11) is 0. The van der Waals surface area contributed by atoms with Crippen molar-refractivity contribution in [1.82, 2.24) is 4.90 Å². The zero-order chi connectivity index (χ0) is 14.8. The van der Waals surface area contributed by atoms with Gasteiger partial charge in [0.1, 0.15) is 0 Å². The summed E-state index contributed by atoms with van der Waals surface area (Å²) in [4.78, 5) is 15.5. The van der Waals surface area contributed by atoms with E-state index < -0.39 is 0 Å². The molecule has 1 amide bonds. The first-order valence-electron chi connectivity index (χ1n) is 8.57. The van der Waals surface area contributed by atoms with Crippen molar-refractivity contribution in [3.05, 3.63) is 34.9 Å². The number of rotatable bonds is 3. The van der Waals surface area contributed by atoms with Gasteiger partial charge < -0.3 is 4.90 Å². The maximum Gasteiger partial charge on any atom is 0.254 e. The van der Waals surface area contributed by atoms with Gasteiger partial charge in [-0.3, -0.25) is 4.79 Å². The number of hydrogen-bond acceptors (Lipinski definition) is 1. The lowest BCUT2D eigenvalue weighted by Crippen LogP contribution is -2.45. The Balaban J connectivity index is 1.90. The fourth-order valence-corrected chi connectivity index (χ4v) is 4.10. The first-order chi connectivity index (χ1) is 10.2. The average Bonchev–Trinajstić information content (AvgIpc) is 3.15. The molecule has 0 atom stereocenters. The van der Waals surface area contributed by atoms with E-state index in [0.717, 1.165) is 11.1 Å². The van der Waals surface area contributed by atoms with E-state index in [1.807, 2.05) is 0 Å². The van der Waals surface area contributed by atoms with Crippen molar-refractivity contribution in [2.75, 3.05) is 0 Å². The zero-order valence-electron chi connectivity index (χ0n) is 13.4. The molecular weight excluding hydrogens is 258 g/mol. The minimum Gasteiger partial charge on any atom is -0.333 e. The first kappa shape index (κ1) is 14.6. The highest BCUT2D eigenvalue weighted by Crippen LogP contribution is 2.33. The van der Waals surface area contributed by atoms with Crippen LogP contribution in [0.4, 0.5) is 0 Å². The SMILES string of the molecule is Cc1ccc(C)c(C(=O)N(C2CCCC2)C2CCCC2)c1. The van der Waals surface area contributed by atoms with Gasteiger partial charge in [0, 0.05) is 17.6 Å². The Bertz CT molecular complexity index is 494. The lowest BCUT2D eigenvalue weighted by molar-refractivity contribution is 0.0579. The number of hydrogen-bond donors (Lipinski definition) is 0. The largest absolute Gasteiger partial charge is 0.333 e. The van der Waals surface area contributed by atoms with Gasteiger partial charge in [-0.25, -0.2) is 0 Å². The molecule has 21 heavy (non-hydrogen) atoms. The Hall–Kier alpha value is -1.31. The van der Waals surface area contributed by atoms with Crippen LogP contribution in [-0.2, 0) is 0 Å². The lowest BCUT2D eigenvalue weighted by Gasteiger charge is -2.35. The summed E-state index contributed by atoms with van der Waals surface area (Å²) < 4.78 is 0. The summed E-state index contributed by atoms with van der Waals surface area (Å²) in [5.74, 6) is 0.287. The smallest absolute Gasteiger partial charge is 0.254 e. The van der Waals surface area contributed by atoms with Gasteiger partial charge >= 0.3 is 0 Å². The molecule has 3 rings (SSSR count). The molecular formula is C19H27NO. The third-order valence-electron chi connectivity index (χ3n) is 5.29. The third-order valence-corrected chi connectivity index (χ3v) is 5.29. The van der Waals surface area contributed by atoms with Crippen LogP contribution in [0.1, 0.15) is 72.9 Å². The van der Waals surface area contributed by atoms with Crippen LogP contribution in [0.5, 0.6) is 0 Å². The number of carbonyl (C=O) groups excluding carboxylic acids is 1. The van der Waals surface area contributed by atoms with Crippen molar-refractivity contribution >= 4 is 5.91 Å². The number of carbonyl (C=O) groups is 1. The highest BCUT2D eigenvalue weighted by Gasteiger charge is 2.34. The van der Waals surface area contributed by atoms with Crippen LogP contribution < -0.4 is 0 Å². The van der Waals surface area contributed by atoms with E-state index in [-0.39, 0.29) is 5.91 Å². The maximum atomic E-state index is 13.2. The Labute approximate surface area is 128 Å². The molecule has 0 aromatic heterocycles. The van der Waals surface area contributed by atoms with E-state index in [2.05, 4.69) is 36.9 Å². The second kappa shape index (κ2) is 6.21. The molecule has 2 aliphatic carbocycles. The summed E-state index contributed by atoms with van der Waals surface area (Å²) >= 11 is 0. The van der Waals surface area contributed by atoms with E-state index >= 15 is 0 Å². The number of nitrogens with zero attached hydrogens (tertiary/aromatic N) is 1. The maximum absolute atomic E-state index is 13.2. The molecule has 1 aromatic rings. The Morgan fingerprint density at radius 1 is 0.952 bits per heavy atom. The van der Waals surface area contributed by atoms with Crippen molar-refractivity contribution in [3.8, 4) is 0 Å².